The van der Waals surface area contributed by atoms with E-state index in [2.05, 4.69) is 20.8 Å². The normalized spacial score (nSPS) is 14.8. The van der Waals surface area contributed by atoms with Crippen LogP contribution in [0.4, 0.5) is 0 Å². The molecule has 0 radical (unpaired) electrons. The summed E-state index contributed by atoms with van der Waals surface area (Å²) in [6, 6.07) is 0. The number of unbranched alkanes of at least 4 members (excludes halogenated alkanes) is 3. The van der Waals surface area contributed by atoms with Crippen LogP contribution in [0.1, 0.15) is 99.3 Å². The van der Waals surface area contributed by atoms with Crippen molar-refractivity contribution in [3.05, 3.63) is 0 Å². The van der Waals surface area contributed by atoms with Crippen molar-refractivity contribution in [1.29, 1.82) is 0 Å². The van der Waals surface area contributed by atoms with Crippen LogP contribution in [-0.2, 0) is 49.3 Å². The topological polar surface area (TPSA) is 55.4 Å². The van der Waals surface area contributed by atoms with Crippen LogP contribution in [0.15, 0.2) is 0 Å². The summed E-state index contributed by atoms with van der Waals surface area (Å²) < 4.78 is 36.3. The van der Waals surface area contributed by atoms with Gasteiger partial charge in [-0.1, -0.05) is 0 Å². The van der Waals surface area contributed by atoms with E-state index in [1.54, 1.807) is 0 Å². The van der Waals surface area contributed by atoms with Crippen LogP contribution in [0.3, 0.4) is 0 Å². The van der Waals surface area contributed by atoms with E-state index >= 15 is 0 Å². The maximum absolute atomic E-state index is 6.29. The van der Waals surface area contributed by atoms with Crippen molar-refractivity contribution in [2.45, 2.75) is 118 Å². The maximum atomic E-state index is 6.29. The summed E-state index contributed by atoms with van der Waals surface area (Å²) in [6.07, 6.45) is 8.22. The molecule has 168 valence electrons. The van der Waals surface area contributed by atoms with Crippen molar-refractivity contribution in [3.8, 4) is 0 Å². The molecule has 3 unspecified atom stereocenters. The Morgan fingerprint density at radius 3 is 1.00 bits per heavy atom. The molecule has 28 heavy (non-hydrogen) atoms. The van der Waals surface area contributed by atoms with Gasteiger partial charge in [0.15, 0.2) is 0 Å². The van der Waals surface area contributed by atoms with Crippen molar-refractivity contribution in [2.75, 3.05) is 19.8 Å². The molecule has 0 aromatic rings. The van der Waals surface area contributed by atoms with Gasteiger partial charge < -0.3 is 0 Å². The van der Waals surface area contributed by atoms with Crippen LogP contribution >= 0.6 is 0 Å². The molecule has 0 saturated carbocycles. The Hall–Kier alpha value is 0.864. The molecule has 0 heterocycles. The second-order valence-electron chi connectivity index (χ2n) is 6.78. The first-order valence-corrected chi connectivity index (χ1v) is 14.9. The fraction of sp³-hybridized carbons (Fsp3) is 1.00. The van der Waals surface area contributed by atoms with Crippen LogP contribution in [-0.4, -0.2) is 38.7 Å². The summed E-state index contributed by atoms with van der Waals surface area (Å²) in [5, 5.41) is 0. The van der Waals surface area contributed by atoms with Crippen molar-refractivity contribution in [1.82, 2.24) is 0 Å². The number of hydrogen-bond donors (Lipinski definition) is 0. The molecule has 0 aliphatic carbocycles. The predicted octanol–water partition coefficient (Wildman–Crippen LogP) is 6.06. The van der Waals surface area contributed by atoms with Gasteiger partial charge in [-0.15, -0.1) is 0 Å². The zero-order valence-electron chi connectivity index (χ0n) is 19.2. The monoisotopic (exact) mass is 482 g/mol. The molecule has 0 saturated heterocycles. The third-order valence-electron chi connectivity index (χ3n) is 4.23. The van der Waals surface area contributed by atoms with Gasteiger partial charge in [-0.05, 0) is 0 Å². The van der Waals surface area contributed by atoms with E-state index in [0.717, 1.165) is 57.8 Å². The minimum absolute atomic E-state index is 0.271. The number of ether oxygens (including phenoxy) is 3. The van der Waals surface area contributed by atoms with Crippen LogP contribution in [0, 0.1) is 0 Å². The molecule has 0 N–H and O–H groups in total. The molecule has 3 atom stereocenters. The van der Waals surface area contributed by atoms with Crippen LogP contribution < -0.4 is 0 Å². The second kappa shape index (κ2) is 21.1. The summed E-state index contributed by atoms with van der Waals surface area (Å²) in [7, 11) is 0. The van der Waals surface area contributed by atoms with Gasteiger partial charge >= 0.3 is 187 Å². The van der Waals surface area contributed by atoms with E-state index in [9.17, 15) is 0 Å². The molecular formula is C21H45O6Y. The Labute approximate surface area is 186 Å². The van der Waals surface area contributed by atoms with Gasteiger partial charge in [0.05, 0.1) is 0 Å². The molecule has 0 aliphatic heterocycles. The first-order chi connectivity index (χ1) is 13.6. The standard InChI is InChI=1S/3C7H15O2.Y/c3*1-3-5-6-7(8)9-4-2;/h3*7H,3-6H2,1-2H3;/q3*-1;+3. The molecule has 0 bridgehead atoms. The van der Waals surface area contributed by atoms with E-state index < -0.39 is 29.0 Å². The Kier molecular flexibility index (Phi) is 21.8. The summed E-state index contributed by atoms with van der Waals surface area (Å²) >= 11 is -3.34. The zero-order chi connectivity index (χ0) is 21.0. The molecule has 0 aromatic heterocycles. The fourth-order valence-corrected chi connectivity index (χ4v) is 6.59. The Morgan fingerprint density at radius 2 is 0.786 bits per heavy atom. The summed E-state index contributed by atoms with van der Waals surface area (Å²) in [6.45, 7) is 14.3. The quantitative estimate of drug-likeness (QED) is 0.186. The molecule has 0 fully saturated rings. The van der Waals surface area contributed by atoms with Gasteiger partial charge in [0, 0.05) is 0 Å². The van der Waals surface area contributed by atoms with Crippen molar-refractivity contribution in [2.24, 2.45) is 0 Å². The average Bonchev–Trinajstić information content (AvgIpc) is 2.68. The van der Waals surface area contributed by atoms with Gasteiger partial charge in [0.25, 0.3) is 0 Å². The Bertz CT molecular complexity index is 274. The summed E-state index contributed by atoms with van der Waals surface area (Å²) in [4.78, 5) is 0. The van der Waals surface area contributed by atoms with E-state index in [4.69, 9.17) is 20.4 Å². The first-order valence-electron chi connectivity index (χ1n) is 11.5. The SMILES string of the molecule is CCCCC(OCC)[O][Y]([O]C(CCCC)OCC)[O]C(CCCC)OCC. The predicted molar refractivity (Wildman–Crippen MR) is 108 cm³/mol. The van der Waals surface area contributed by atoms with E-state index in [-0.39, 0.29) is 18.9 Å². The minimum atomic E-state index is -3.34. The Morgan fingerprint density at radius 1 is 0.500 bits per heavy atom. The van der Waals surface area contributed by atoms with E-state index in [1.807, 2.05) is 20.8 Å². The number of hydrogen-bond acceptors (Lipinski definition) is 6. The van der Waals surface area contributed by atoms with Crippen molar-refractivity contribution in [3.63, 3.8) is 0 Å². The van der Waals surface area contributed by atoms with E-state index in [1.165, 1.54) is 0 Å². The number of rotatable bonds is 21. The fourth-order valence-electron chi connectivity index (χ4n) is 2.71. The third kappa shape index (κ3) is 15.7. The van der Waals surface area contributed by atoms with Gasteiger partial charge in [-0.3, -0.25) is 0 Å². The molecule has 0 spiro atoms. The molecule has 6 nitrogen and oxygen atoms in total. The van der Waals surface area contributed by atoms with E-state index in [0.29, 0.717) is 19.8 Å². The van der Waals surface area contributed by atoms with Gasteiger partial charge in [0.1, 0.15) is 0 Å². The Balaban J connectivity index is 5.10. The van der Waals surface area contributed by atoms with Crippen LogP contribution in [0.2, 0.25) is 0 Å². The van der Waals surface area contributed by atoms with Crippen molar-refractivity contribution < 1.29 is 49.3 Å². The van der Waals surface area contributed by atoms with Crippen LogP contribution in [0.25, 0.3) is 0 Å². The van der Waals surface area contributed by atoms with Gasteiger partial charge in [0.2, 0.25) is 0 Å². The molecule has 7 heteroatoms. The van der Waals surface area contributed by atoms with Crippen LogP contribution in [0.5, 0.6) is 0 Å². The first kappa shape index (κ1) is 28.9. The third-order valence-corrected chi connectivity index (χ3v) is 8.10. The van der Waals surface area contributed by atoms with Gasteiger partial charge in [-0.25, -0.2) is 0 Å². The average molecular weight is 482 g/mol. The second-order valence-corrected chi connectivity index (χ2v) is 10.2. The molecule has 0 amide bonds. The van der Waals surface area contributed by atoms with Crippen molar-refractivity contribution >= 4 is 0 Å². The zero-order valence-corrected chi connectivity index (χ0v) is 22.1. The molecule has 0 aliphatic rings. The molecular weight excluding hydrogens is 437 g/mol. The molecule has 0 aromatic carbocycles. The summed E-state index contributed by atoms with van der Waals surface area (Å²) in [5.41, 5.74) is 0. The van der Waals surface area contributed by atoms with Gasteiger partial charge in [-0.2, -0.15) is 0 Å². The summed E-state index contributed by atoms with van der Waals surface area (Å²) in [5.74, 6) is 0. The molecule has 0 rings (SSSR count).